The number of carbonyl (C=O) groups is 1. The molecule has 5 nitrogen and oxygen atoms in total. The third-order valence-electron chi connectivity index (χ3n) is 4.96. The molecule has 1 aromatic carbocycles. The van der Waals surface area contributed by atoms with Crippen LogP contribution in [0.2, 0.25) is 10.0 Å². The first-order chi connectivity index (χ1) is 13.1. The van der Waals surface area contributed by atoms with Crippen molar-refractivity contribution in [2.75, 3.05) is 32.8 Å². The number of fused-ring (bicyclic) bond motifs is 1. The van der Waals surface area contributed by atoms with Crippen molar-refractivity contribution in [1.82, 2.24) is 14.5 Å². The Morgan fingerprint density at radius 2 is 2.04 bits per heavy atom. The maximum absolute atomic E-state index is 13.3. The van der Waals surface area contributed by atoms with Crippen molar-refractivity contribution >= 4 is 50.7 Å². The van der Waals surface area contributed by atoms with Crippen LogP contribution in [0.1, 0.15) is 21.6 Å². The van der Waals surface area contributed by atoms with Crippen LogP contribution in [0, 0.1) is 6.92 Å². The minimum Gasteiger partial charge on any atom is -0.379 e. The lowest BCUT2D eigenvalue weighted by Gasteiger charge is -2.26. The Kier molecular flexibility index (Phi) is 5.53. The molecule has 27 heavy (non-hydrogen) atoms. The highest BCUT2D eigenvalue weighted by Gasteiger charge is 2.25. The average Bonchev–Trinajstić information content (AvgIpc) is 3.23. The Morgan fingerprint density at radius 1 is 1.26 bits per heavy atom. The van der Waals surface area contributed by atoms with Crippen molar-refractivity contribution in [3.05, 3.63) is 50.6 Å². The van der Waals surface area contributed by atoms with Crippen LogP contribution in [0.5, 0.6) is 0 Å². The topological polar surface area (TPSA) is 47.4 Å². The van der Waals surface area contributed by atoms with Crippen molar-refractivity contribution < 1.29 is 9.53 Å². The van der Waals surface area contributed by atoms with Gasteiger partial charge in [-0.25, -0.2) is 4.98 Å². The Balaban J connectivity index is 1.69. The van der Waals surface area contributed by atoms with E-state index < -0.39 is 0 Å². The summed E-state index contributed by atoms with van der Waals surface area (Å²) in [4.78, 5) is 20.1. The second kappa shape index (κ2) is 7.89. The van der Waals surface area contributed by atoms with Gasteiger partial charge in [0.2, 0.25) is 0 Å². The van der Waals surface area contributed by atoms with Crippen LogP contribution in [0.4, 0.5) is 0 Å². The van der Waals surface area contributed by atoms with E-state index in [2.05, 4.69) is 14.5 Å². The third kappa shape index (κ3) is 3.52. The number of halogens is 2. The summed E-state index contributed by atoms with van der Waals surface area (Å²) in [5.74, 6) is -0.112. The minimum absolute atomic E-state index is 0.112. The lowest BCUT2D eigenvalue weighted by atomic mass is 10.0. The van der Waals surface area contributed by atoms with Crippen LogP contribution in [0.3, 0.4) is 0 Å². The van der Waals surface area contributed by atoms with Crippen LogP contribution in [0.15, 0.2) is 23.7 Å². The zero-order valence-corrected chi connectivity index (χ0v) is 17.2. The van der Waals surface area contributed by atoms with Gasteiger partial charge in [-0.1, -0.05) is 29.3 Å². The summed E-state index contributed by atoms with van der Waals surface area (Å²) < 4.78 is 8.44. The molecule has 8 heteroatoms. The number of hydrogen-bond donors (Lipinski definition) is 0. The predicted molar refractivity (Wildman–Crippen MR) is 110 cm³/mol. The molecule has 1 saturated heterocycles. The molecule has 0 atom stereocenters. The van der Waals surface area contributed by atoms with Gasteiger partial charge in [0.25, 0.3) is 0 Å². The number of hydrogen-bond acceptors (Lipinski definition) is 5. The van der Waals surface area contributed by atoms with Gasteiger partial charge in [0.15, 0.2) is 11.4 Å². The summed E-state index contributed by atoms with van der Waals surface area (Å²) in [5.41, 5.74) is 4.64. The molecular weight excluding hydrogens is 405 g/mol. The van der Waals surface area contributed by atoms with Gasteiger partial charge in [-0.3, -0.25) is 9.69 Å². The van der Waals surface area contributed by atoms with Crippen molar-refractivity contribution in [3.8, 4) is 0 Å². The molecule has 1 aliphatic heterocycles. The standard InChI is InChI=1S/C19H19Cl2N3O2S/c1-12-15(17(25)13-3-2-4-14(20)16(13)21)18-19(22-11-27-18)24(12)6-5-23-7-9-26-10-8-23/h2-4,11H,5-10H2,1H3. The molecule has 0 aliphatic carbocycles. The number of nitrogens with zero attached hydrogens (tertiary/aromatic N) is 3. The molecule has 1 aliphatic rings. The second-order valence-electron chi connectivity index (χ2n) is 6.50. The van der Waals surface area contributed by atoms with Gasteiger partial charge in [-0.05, 0) is 19.1 Å². The molecule has 3 heterocycles. The first-order valence-corrected chi connectivity index (χ1v) is 10.4. The van der Waals surface area contributed by atoms with Gasteiger partial charge < -0.3 is 9.30 Å². The van der Waals surface area contributed by atoms with E-state index in [-0.39, 0.29) is 5.78 Å². The van der Waals surface area contributed by atoms with E-state index in [0.29, 0.717) is 21.2 Å². The smallest absolute Gasteiger partial charge is 0.197 e. The molecule has 0 saturated carbocycles. The number of rotatable bonds is 5. The van der Waals surface area contributed by atoms with Crippen molar-refractivity contribution in [1.29, 1.82) is 0 Å². The van der Waals surface area contributed by atoms with Crippen LogP contribution in [0.25, 0.3) is 10.3 Å². The van der Waals surface area contributed by atoms with E-state index in [1.54, 1.807) is 23.7 Å². The monoisotopic (exact) mass is 423 g/mol. The number of aromatic nitrogens is 2. The van der Waals surface area contributed by atoms with Gasteiger partial charge >= 0.3 is 0 Å². The number of ketones is 1. The molecule has 3 aromatic rings. The number of carbonyl (C=O) groups excluding carboxylic acids is 1. The zero-order chi connectivity index (χ0) is 19.0. The Bertz CT molecular complexity index is 992. The Morgan fingerprint density at radius 3 is 2.81 bits per heavy atom. The molecule has 0 spiro atoms. The van der Waals surface area contributed by atoms with E-state index in [4.69, 9.17) is 27.9 Å². The minimum atomic E-state index is -0.112. The normalized spacial score (nSPS) is 15.5. The predicted octanol–water partition coefficient (Wildman–Crippen LogP) is 4.28. The van der Waals surface area contributed by atoms with Crippen molar-refractivity contribution in [3.63, 3.8) is 0 Å². The molecule has 0 amide bonds. The van der Waals surface area contributed by atoms with E-state index in [1.165, 1.54) is 11.3 Å². The molecule has 0 N–H and O–H groups in total. The fraction of sp³-hybridized carbons (Fsp3) is 0.368. The second-order valence-corrected chi connectivity index (χ2v) is 8.14. The van der Waals surface area contributed by atoms with Gasteiger partial charge in [-0.2, -0.15) is 0 Å². The van der Waals surface area contributed by atoms with Gasteiger partial charge in [0.1, 0.15) is 0 Å². The first-order valence-electron chi connectivity index (χ1n) is 8.79. The zero-order valence-electron chi connectivity index (χ0n) is 14.9. The maximum Gasteiger partial charge on any atom is 0.197 e. The van der Waals surface area contributed by atoms with Crippen LogP contribution >= 0.6 is 34.5 Å². The SMILES string of the molecule is Cc1c(C(=O)c2cccc(Cl)c2Cl)c2scnc2n1CCN1CCOCC1. The Hall–Kier alpha value is -1.44. The summed E-state index contributed by atoms with van der Waals surface area (Å²) >= 11 is 13.9. The lowest BCUT2D eigenvalue weighted by molar-refractivity contribution is 0.0364. The third-order valence-corrected chi connectivity index (χ3v) is 6.62. The quantitative estimate of drug-likeness (QED) is 0.574. The van der Waals surface area contributed by atoms with Crippen LogP contribution < -0.4 is 0 Å². The molecule has 4 rings (SSSR count). The molecule has 0 bridgehead atoms. The maximum atomic E-state index is 13.3. The van der Waals surface area contributed by atoms with Gasteiger partial charge in [0.05, 0.1) is 39.0 Å². The number of morpholine rings is 1. The molecule has 2 aromatic heterocycles. The van der Waals surface area contributed by atoms with Crippen LogP contribution in [-0.2, 0) is 11.3 Å². The summed E-state index contributed by atoms with van der Waals surface area (Å²) in [6.07, 6.45) is 0. The summed E-state index contributed by atoms with van der Waals surface area (Å²) in [5, 5.41) is 0.676. The molecule has 1 fully saturated rings. The molecule has 0 unspecified atom stereocenters. The fourth-order valence-electron chi connectivity index (χ4n) is 3.48. The average molecular weight is 424 g/mol. The summed E-state index contributed by atoms with van der Waals surface area (Å²) in [6.45, 7) is 7.06. The number of ether oxygens (including phenoxy) is 1. The van der Waals surface area contributed by atoms with E-state index >= 15 is 0 Å². The van der Waals surface area contributed by atoms with Crippen molar-refractivity contribution in [2.45, 2.75) is 13.5 Å². The molecular formula is C19H19Cl2N3O2S. The van der Waals surface area contributed by atoms with Crippen molar-refractivity contribution in [2.24, 2.45) is 0 Å². The molecule has 0 radical (unpaired) electrons. The largest absolute Gasteiger partial charge is 0.379 e. The van der Waals surface area contributed by atoms with E-state index in [9.17, 15) is 4.79 Å². The van der Waals surface area contributed by atoms with Crippen LogP contribution in [-0.4, -0.2) is 53.1 Å². The van der Waals surface area contributed by atoms with Gasteiger partial charge in [0, 0.05) is 37.4 Å². The van der Waals surface area contributed by atoms with E-state index in [1.807, 2.05) is 6.92 Å². The lowest BCUT2D eigenvalue weighted by Crippen LogP contribution is -2.38. The number of benzene rings is 1. The first kappa shape index (κ1) is 18.9. The highest BCUT2D eigenvalue weighted by Crippen LogP contribution is 2.34. The number of thiazole rings is 1. The summed E-state index contributed by atoms with van der Waals surface area (Å²) in [7, 11) is 0. The Labute approximate surface area is 171 Å². The molecule has 142 valence electrons. The highest BCUT2D eigenvalue weighted by atomic mass is 35.5. The highest BCUT2D eigenvalue weighted by molar-refractivity contribution is 7.17. The summed E-state index contributed by atoms with van der Waals surface area (Å²) in [6, 6.07) is 5.15. The van der Waals surface area contributed by atoms with E-state index in [0.717, 1.165) is 55.4 Å². The fourth-order valence-corrected chi connectivity index (χ4v) is 4.75. The van der Waals surface area contributed by atoms with Gasteiger partial charge in [-0.15, -0.1) is 11.3 Å².